The fourth-order valence-corrected chi connectivity index (χ4v) is 2.83. The Labute approximate surface area is 99.7 Å². The molecule has 1 aliphatic heterocycles. The molecule has 0 spiro atoms. The SMILES string of the molecule is COCCC(C)C(N)C1C(C)OC(C)C1C. The van der Waals surface area contributed by atoms with Crippen LogP contribution in [-0.4, -0.2) is 32.0 Å². The zero-order valence-electron chi connectivity index (χ0n) is 11.3. The molecular formula is C13H27NO2. The second kappa shape index (κ2) is 5.99. The molecule has 96 valence electrons. The van der Waals surface area contributed by atoms with Gasteiger partial charge >= 0.3 is 0 Å². The number of nitrogens with two attached hydrogens (primary N) is 1. The molecule has 3 heteroatoms. The molecule has 6 atom stereocenters. The van der Waals surface area contributed by atoms with Gasteiger partial charge in [0.25, 0.3) is 0 Å². The lowest BCUT2D eigenvalue weighted by Crippen LogP contribution is -2.42. The fraction of sp³-hybridized carbons (Fsp3) is 1.00. The lowest BCUT2D eigenvalue weighted by atomic mass is 9.78. The van der Waals surface area contributed by atoms with Gasteiger partial charge < -0.3 is 15.2 Å². The van der Waals surface area contributed by atoms with E-state index in [1.54, 1.807) is 7.11 Å². The van der Waals surface area contributed by atoms with Crippen molar-refractivity contribution in [2.45, 2.75) is 52.4 Å². The Morgan fingerprint density at radius 3 is 2.31 bits per heavy atom. The van der Waals surface area contributed by atoms with Gasteiger partial charge in [-0.05, 0) is 32.1 Å². The third-order valence-corrected chi connectivity index (χ3v) is 4.20. The molecule has 0 saturated carbocycles. The van der Waals surface area contributed by atoms with Crippen molar-refractivity contribution >= 4 is 0 Å². The van der Waals surface area contributed by atoms with Gasteiger partial charge in [0.15, 0.2) is 0 Å². The number of methoxy groups -OCH3 is 1. The molecule has 0 aromatic carbocycles. The number of hydrogen-bond donors (Lipinski definition) is 1. The van der Waals surface area contributed by atoms with E-state index in [9.17, 15) is 0 Å². The van der Waals surface area contributed by atoms with E-state index in [-0.39, 0.29) is 12.1 Å². The van der Waals surface area contributed by atoms with Gasteiger partial charge in [-0.1, -0.05) is 13.8 Å². The molecule has 1 saturated heterocycles. The first-order valence-corrected chi connectivity index (χ1v) is 6.39. The van der Waals surface area contributed by atoms with Crippen LogP contribution in [-0.2, 0) is 9.47 Å². The summed E-state index contributed by atoms with van der Waals surface area (Å²) < 4.78 is 11.0. The van der Waals surface area contributed by atoms with Crippen LogP contribution >= 0.6 is 0 Å². The summed E-state index contributed by atoms with van der Waals surface area (Å²) >= 11 is 0. The normalized spacial score (nSPS) is 38.6. The summed E-state index contributed by atoms with van der Waals surface area (Å²) in [6.07, 6.45) is 1.65. The molecule has 0 aromatic rings. The smallest absolute Gasteiger partial charge is 0.0597 e. The van der Waals surface area contributed by atoms with E-state index in [1.165, 1.54) is 0 Å². The maximum atomic E-state index is 6.37. The van der Waals surface area contributed by atoms with Crippen LogP contribution in [0.3, 0.4) is 0 Å². The van der Waals surface area contributed by atoms with Gasteiger partial charge in [-0.3, -0.25) is 0 Å². The molecule has 6 unspecified atom stereocenters. The molecule has 2 N–H and O–H groups in total. The topological polar surface area (TPSA) is 44.5 Å². The molecule has 16 heavy (non-hydrogen) atoms. The summed E-state index contributed by atoms with van der Waals surface area (Å²) in [7, 11) is 1.74. The molecule has 1 rings (SSSR count). The van der Waals surface area contributed by atoms with Crippen molar-refractivity contribution in [2.24, 2.45) is 23.5 Å². The van der Waals surface area contributed by atoms with Crippen molar-refractivity contribution in [2.75, 3.05) is 13.7 Å². The lowest BCUT2D eigenvalue weighted by molar-refractivity contribution is 0.0461. The summed E-state index contributed by atoms with van der Waals surface area (Å²) in [6, 6.07) is 0.213. The van der Waals surface area contributed by atoms with Crippen LogP contribution in [0.4, 0.5) is 0 Å². The van der Waals surface area contributed by atoms with Crippen LogP contribution < -0.4 is 5.73 Å². The van der Waals surface area contributed by atoms with E-state index in [0.29, 0.717) is 23.9 Å². The summed E-state index contributed by atoms with van der Waals surface area (Å²) in [5, 5.41) is 0. The molecule has 0 bridgehead atoms. The minimum atomic E-state index is 0.213. The highest BCUT2D eigenvalue weighted by Gasteiger charge is 2.41. The molecule has 1 heterocycles. The monoisotopic (exact) mass is 229 g/mol. The number of hydrogen-bond acceptors (Lipinski definition) is 3. The Kier molecular flexibility index (Phi) is 5.22. The number of rotatable bonds is 5. The Bertz CT molecular complexity index is 210. The number of ether oxygens (including phenoxy) is 2. The van der Waals surface area contributed by atoms with Gasteiger partial charge in [-0.15, -0.1) is 0 Å². The summed E-state index contributed by atoms with van der Waals surface area (Å²) in [5.74, 6) is 1.51. The molecule has 0 aromatic heterocycles. The zero-order valence-corrected chi connectivity index (χ0v) is 11.3. The summed E-state index contributed by atoms with van der Waals surface area (Å²) in [4.78, 5) is 0. The van der Waals surface area contributed by atoms with E-state index in [4.69, 9.17) is 15.2 Å². The van der Waals surface area contributed by atoms with Crippen molar-refractivity contribution in [3.05, 3.63) is 0 Å². The Morgan fingerprint density at radius 1 is 1.25 bits per heavy atom. The second-order valence-corrected chi connectivity index (χ2v) is 5.32. The van der Waals surface area contributed by atoms with Gasteiger partial charge in [0.1, 0.15) is 0 Å². The average Bonchev–Trinajstić information content (AvgIpc) is 2.49. The van der Waals surface area contributed by atoms with E-state index in [2.05, 4.69) is 27.7 Å². The maximum absolute atomic E-state index is 6.37. The van der Waals surface area contributed by atoms with Crippen molar-refractivity contribution in [3.63, 3.8) is 0 Å². The van der Waals surface area contributed by atoms with Crippen molar-refractivity contribution in [1.82, 2.24) is 0 Å². The van der Waals surface area contributed by atoms with Gasteiger partial charge in [0, 0.05) is 25.7 Å². The van der Waals surface area contributed by atoms with E-state index >= 15 is 0 Å². The summed E-state index contributed by atoms with van der Waals surface area (Å²) in [5.41, 5.74) is 6.37. The van der Waals surface area contributed by atoms with Crippen molar-refractivity contribution in [3.8, 4) is 0 Å². The molecular weight excluding hydrogens is 202 g/mol. The minimum absolute atomic E-state index is 0.213. The van der Waals surface area contributed by atoms with Gasteiger partial charge in [0.2, 0.25) is 0 Å². The van der Waals surface area contributed by atoms with Gasteiger partial charge in [0.05, 0.1) is 12.2 Å². The second-order valence-electron chi connectivity index (χ2n) is 5.32. The van der Waals surface area contributed by atoms with Gasteiger partial charge in [-0.2, -0.15) is 0 Å². The first kappa shape index (κ1) is 13.9. The van der Waals surface area contributed by atoms with Crippen LogP contribution in [0, 0.1) is 17.8 Å². The van der Waals surface area contributed by atoms with Crippen LogP contribution in [0.25, 0.3) is 0 Å². The Balaban J connectivity index is 2.55. The largest absolute Gasteiger partial charge is 0.385 e. The fourth-order valence-electron chi connectivity index (χ4n) is 2.83. The van der Waals surface area contributed by atoms with Crippen LogP contribution in [0.2, 0.25) is 0 Å². The average molecular weight is 229 g/mol. The highest BCUT2D eigenvalue weighted by molar-refractivity contribution is 4.92. The van der Waals surface area contributed by atoms with Gasteiger partial charge in [-0.25, -0.2) is 0 Å². The predicted octanol–water partition coefficient (Wildman–Crippen LogP) is 2.05. The molecule has 1 aliphatic rings. The third kappa shape index (κ3) is 2.96. The molecule has 0 aliphatic carbocycles. The maximum Gasteiger partial charge on any atom is 0.0597 e. The minimum Gasteiger partial charge on any atom is -0.385 e. The Hall–Kier alpha value is -0.120. The third-order valence-electron chi connectivity index (χ3n) is 4.20. The highest BCUT2D eigenvalue weighted by Crippen LogP contribution is 2.36. The van der Waals surface area contributed by atoms with Crippen molar-refractivity contribution < 1.29 is 9.47 Å². The van der Waals surface area contributed by atoms with Crippen LogP contribution in [0.1, 0.15) is 34.1 Å². The standard InChI is InChI=1S/C13H27NO2/c1-8(6-7-15-5)13(14)12-9(2)10(3)16-11(12)4/h8-13H,6-7,14H2,1-5H3. The lowest BCUT2D eigenvalue weighted by Gasteiger charge is -2.30. The quantitative estimate of drug-likeness (QED) is 0.784. The molecule has 1 fully saturated rings. The highest BCUT2D eigenvalue weighted by atomic mass is 16.5. The summed E-state index contributed by atoms with van der Waals surface area (Å²) in [6.45, 7) is 9.55. The zero-order chi connectivity index (χ0) is 12.3. The first-order valence-electron chi connectivity index (χ1n) is 6.39. The molecule has 3 nitrogen and oxygen atoms in total. The van der Waals surface area contributed by atoms with E-state index in [1.807, 2.05) is 0 Å². The van der Waals surface area contributed by atoms with Crippen LogP contribution in [0.15, 0.2) is 0 Å². The first-order chi connectivity index (χ1) is 7.49. The molecule has 0 radical (unpaired) electrons. The van der Waals surface area contributed by atoms with Crippen molar-refractivity contribution in [1.29, 1.82) is 0 Å². The van der Waals surface area contributed by atoms with E-state index < -0.39 is 0 Å². The van der Waals surface area contributed by atoms with Crippen LogP contribution in [0.5, 0.6) is 0 Å². The van der Waals surface area contributed by atoms with E-state index in [0.717, 1.165) is 13.0 Å². The predicted molar refractivity (Wildman–Crippen MR) is 66.3 cm³/mol. The molecule has 0 amide bonds. The Morgan fingerprint density at radius 2 is 1.88 bits per heavy atom.